The monoisotopic (exact) mass is 381 g/mol. The number of aryl methyl sites for hydroxylation is 1. The first kappa shape index (κ1) is 21.4. The second-order valence-electron chi connectivity index (χ2n) is 7.26. The van der Waals surface area contributed by atoms with Crippen molar-refractivity contribution in [3.8, 4) is 0 Å². The van der Waals surface area contributed by atoms with Gasteiger partial charge in [0.2, 0.25) is 11.7 Å². The number of ketones is 1. The fraction of sp³-hybridized carbons (Fsp3) is 0.348. The molecular formula is C23H27NO4. The number of carbonyl (C=O) groups excluding carboxylic acids is 3. The van der Waals surface area contributed by atoms with Crippen molar-refractivity contribution in [3.63, 3.8) is 0 Å². The van der Waals surface area contributed by atoms with Gasteiger partial charge in [0.15, 0.2) is 6.10 Å². The lowest BCUT2D eigenvalue weighted by molar-refractivity contribution is -0.151. The van der Waals surface area contributed by atoms with E-state index < -0.39 is 18.1 Å². The van der Waals surface area contributed by atoms with E-state index in [-0.39, 0.29) is 24.0 Å². The van der Waals surface area contributed by atoms with Crippen molar-refractivity contribution in [2.45, 2.75) is 46.3 Å². The Hall–Kier alpha value is -2.95. The molecule has 1 N–H and O–H groups in total. The van der Waals surface area contributed by atoms with E-state index >= 15 is 0 Å². The molecule has 0 radical (unpaired) electrons. The molecule has 148 valence electrons. The standard InChI is InChI=1S/C23H27NO4/c1-15(2)21(24-20(25)14-18-8-6-5-7-9-18)23(27)28-17(4)22(26)19-12-10-16(3)11-13-19/h5-13,15,17,21H,14H2,1-4H3,(H,24,25)/t17-,21-/m0/s1. The first-order chi connectivity index (χ1) is 13.3. The van der Waals surface area contributed by atoms with Crippen molar-refractivity contribution in [1.29, 1.82) is 0 Å². The highest BCUT2D eigenvalue weighted by Gasteiger charge is 2.29. The third-order valence-corrected chi connectivity index (χ3v) is 4.44. The van der Waals surface area contributed by atoms with Crippen LogP contribution in [-0.4, -0.2) is 29.8 Å². The molecule has 1 amide bonds. The van der Waals surface area contributed by atoms with Gasteiger partial charge in [-0.15, -0.1) is 0 Å². The van der Waals surface area contributed by atoms with Crippen LogP contribution in [0, 0.1) is 12.8 Å². The van der Waals surface area contributed by atoms with Gasteiger partial charge in [0.25, 0.3) is 0 Å². The van der Waals surface area contributed by atoms with Crippen LogP contribution in [0.5, 0.6) is 0 Å². The van der Waals surface area contributed by atoms with E-state index in [2.05, 4.69) is 5.32 Å². The fourth-order valence-electron chi connectivity index (χ4n) is 2.76. The van der Waals surface area contributed by atoms with Crippen molar-refractivity contribution >= 4 is 17.7 Å². The van der Waals surface area contributed by atoms with Gasteiger partial charge in [0, 0.05) is 5.56 Å². The van der Waals surface area contributed by atoms with Crippen molar-refractivity contribution in [3.05, 3.63) is 71.3 Å². The average Bonchev–Trinajstić information content (AvgIpc) is 2.66. The lowest BCUT2D eigenvalue weighted by Crippen LogP contribution is -2.47. The summed E-state index contributed by atoms with van der Waals surface area (Å²) in [7, 11) is 0. The highest BCUT2D eigenvalue weighted by molar-refractivity contribution is 6.00. The number of ether oxygens (including phenoxy) is 1. The van der Waals surface area contributed by atoms with Crippen LogP contribution in [0.1, 0.15) is 42.3 Å². The Balaban J connectivity index is 1.98. The Morgan fingerprint density at radius 2 is 1.54 bits per heavy atom. The van der Waals surface area contributed by atoms with E-state index in [1.807, 2.05) is 63.2 Å². The maximum absolute atomic E-state index is 12.6. The molecule has 0 heterocycles. The summed E-state index contributed by atoms with van der Waals surface area (Å²) in [4.78, 5) is 37.4. The molecule has 2 aromatic rings. The number of rotatable bonds is 8. The van der Waals surface area contributed by atoms with Crippen molar-refractivity contribution in [1.82, 2.24) is 5.32 Å². The van der Waals surface area contributed by atoms with Crippen LogP contribution in [0.2, 0.25) is 0 Å². The van der Waals surface area contributed by atoms with Gasteiger partial charge in [-0.1, -0.05) is 74.0 Å². The van der Waals surface area contributed by atoms with Crippen molar-refractivity contribution in [2.24, 2.45) is 5.92 Å². The summed E-state index contributed by atoms with van der Waals surface area (Å²) >= 11 is 0. The topological polar surface area (TPSA) is 72.5 Å². The van der Waals surface area contributed by atoms with Gasteiger partial charge in [0.05, 0.1) is 6.42 Å². The van der Waals surface area contributed by atoms with Gasteiger partial charge in [-0.25, -0.2) is 4.79 Å². The SMILES string of the molecule is Cc1ccc(C(=O)[C@H](C)OC(=O)[C@@H](NC(=O)Cc2ccccc2)C(C)C)cc1. The Kier molecular flexibility index (Phi) is 7.50. The summed E-state index contributed by atoms with van der Waals surface area (Å²) < 4.78 is 5.37. The molecule has 5 nitrogen and oxygen atoms in total. The quantitative estimate of drug-likeness (QED) is 0.561. The molecule has 0 fully saturated rings. The molecule has 0 aromatic heterocycles. The second-order valence-corrected chi connectivity index (χ2v) is 7.26. The molecule has 0 saturated carbocycles. The zero-order chi connectivity index (χ0) is 20.7. The minimum absolute atomic E-state index is 0.172. The Labute approximate surface area is 166 Å². The van der Waals surface area contributed by atoms with Crippen molar-refractivity contribution < 1.29 is 19.1 Å². The van der Waals surface area contributed by atoms with Crippen LogP contribution < -0.4 is 5.32 Å². The summed E-state index contributed by atoms with van der Waals surface area (Å²) in [5, 5.41) is 2.73. The molecule has 2 atom stereocenters. The van der Waals surface area contributed by atoms with Gasteiger partial charge >= 0.3 is 5.97 Å². The summed E-state index contributed by atoms with van der Waals surface area (Å²) in [6.07, 6.45) is -0.752. The number of benzene rings is 2. The average molecular weight is 381 g/mol. The number of Topliss-reactive ketones (excluding diaryl/α,β-unsaturated/α-hetero) is 1. The highest BCUT2D eigenvalue weighted by Crippen LogP contribution is 2.12. The lowest BCUT2D eigenvalue weighted by atomic mass is 10.0. The predicted octanol–water partition coefficient (Wildman–Crippen LogP) is 3.49. The molecule has 2 rings (SSSR count). The van der Waals surface area contributed by atoms with Gasteiger partial charge in [-0.3, -0.25) is 9.59 Å². The number of nitrogens with one attached hydrogen (secondary N) is 1. The van der Waals surface area contributed by atoms with Crippen LogP contribution in [0.15, 0.2) is 54.6 Å². The first-order valence-electron chi connectivity index (χ1n) is 9.42. The predicted molar refractivity (Wildman–Crippen MR) is 108 cm³/mol. The smallest absolute Gasteiger partial charge is 0.329 e. The largest absolute Gasteiger partial charge is 0.453 e. The Morgan fingerprint density at radius 3 is 2.11 bits per heavy atom. The van der Waals surface area contributed by atoms with E-state index in [4.69, 9.17) is 4.74 Å². The molecule has 0 bridgehead atoms. The van der Waals surface area contributed by atoms with Crippen LogP contribution in [0.25, 0.3) is 0 Å². The van der Waals surface area contributed by atoms with Crippen LogP contribution in [0.4, 0.5) is 0 Å². The van der Waals surface area contributed by atoms with Gasteiger partial charge in [-0.2, -0.15) is 0 Å². The Morgan fingerprint density at radius 1 is 0.929 bits per heavy atom. The molecular weight excluding hydrogens is 354 g/mol. The molecule has 5 heteroatoms. The summed E-state index contributed by atoms with van der Waals surface area (Å²) in [5.74, 6) is -1.32. The van der Waals surface area contributed by atoms with Crippen molar-refractivity contribution in [2.75, 3.05) is 0 Å². The minimum Gasteiger partial charge on any atom is -0.453 e. The van der Waals surface area contributed by atoms with Gasteiger partial charge in [0.1, 0.15) is 6.04 Å². The van der Waals surface area contributed by atoms with Gasteiger partial charge in [-0.05, 0) is 25.3 Å². The van der Waals surface area contributed by atoms with E-state index in [1.54, 1.807) is 19.1 Å². The minimum atomic E-state index is -0.928. The van der Waals surface area contributed by atoms with E-state index in [9.17, 15) is 14.4 Å². The molecule has 2 aromatic carbocycles. The van der Waals surface area contributed by atoms with Crippen LogP contribution in [-0.2, 0) is 20.7 Å². The van der Waals surface area contributed by atoms with E-state index in [1.165, 1.54) is 0 Å². The number of esters is 1. The van der Waals surface area contributed by atoms with Crippen LogP contribution in [0.3, 0.4) is 0 Å². The highest BCUT2D eigenvalue weighted by atomic mass is 16.5. The molecule has 0 spiro atoms. The number of hydrogen-bond donors (Lipinski definition) is 1. The van der Waals surface area contributed by atoms with E-state index in [0.29, 0.717) is 5.56 Å². The Bertz CT molecular complexity index is 812. The third kappa shape index (κ3) is 6.05. The summed E-state index contributed by atoms with van der Waals surface area (Å²) in [5.41, 5.74) is 2.39. The summed E-state index contributed by atoms with van der Waals surface area (Å²) in [6, 6.07) is 15.6. The zero-order valence-electron chi connectivity index (χ0n) is 16.8. The maximum atomic E-state index is 12.6. The molecule has 28 heavy (non-hydrogen) atoms. The third-order valence-electron chi connectivity index (χ3n) is 4.44. The number of amides is 1. The molecule has 0 unspecified atom stereocenters. The maximum Gasteiger partial charge on any atom is 0.329 e. The normalized spacial score (nSPS) is 12.9. The van der Waals surface area contributed by atoms with Crippen LogP contribution >= 0.6 is 0 Å². The molecule has 0 aliphatic rings. The molecule has 0 aliphatic carbocycles. The zero-order valence-corrected chi connectivity index (χ0v) is 16.8. The number of hydrogen-bond acceptors (Lipinski definition) is 4. The first-order valence-corrected chi connectivity index (χ1v) is 9.42. The second kappa shape index (κ2) is 9.83. The lowest BCUT2D eigenvalue weighted by Gasteiger charge is -2.23. The fourth-order valence-corrected chi connectivity index (χ4v) is 2.76. The molecule has 0 saturated heterocycles. The number of carbonyl (C=O) groups is 3. The molecule has 0 aliphatic heterocycles. The summed E-state index contributed by atoms with van der Waals surface area (Å²) in [6.45, 7) is 7.12. The van der Waals surface area contributed by atoms with Gasteiger partial charge < -0.3 is 10.1 Å². The van der Waals surface area contributed by atoms with E-state index in [0.717, 1.165) is 11.1 Å².